The van der Waals surface area contributed by atoms with Gasteiger partial charge < -0.3 is 14.4 Å². The summed E-state index contributed by atoms with van der Waals surface area (Å²) < 4.78 is 2.05. The monoisotopic (exact) mass is 368 g/mol. The average molecular weight is 368 g/mol. The van der Waals surface area contributed by atoms with Crippen molar-refractivity contribution in [2.24, 2.45) is 0 Å². The van der Waals surface area contributed by atoms with Crippen molar-refractivity contribution in [3.05, 3.63) is 30.1 Å². The number of fused-ring (bicyclic) bond motifs is 1. The summed E-state index contributed by atoms with van der Waals surface area (Å²) in [5.74, 6) is 1.18. The quantitative estimate of drug-likeness (QED) is 0.833. The Balaban J connectivity index is 1.69. The molecule has 2 saturated heterocycles. The molecule has 144 valence electrons. The number of carbonyl (C=O) groups excluding carboxylic acids is 2. The van der Waals surface area contributed by atoms with E-state index in [0.717, 1.165) is 62.2 Å². The van der Waals surface area contributed by atoms with Gasteiger partial charge in [-0.25, -0.2) is 4.98 Å². The van der Waals surface area contributed by atoms with Crippen LogP contribution in [0.2, 0.25) is 0 Å². The number of likely N-dealkylation sites (tertiary alicyclic amines) is 2. The molecule has 1 aromatic carbocycles. The number of carbonyl (C=O) groups is 2. The van der Waals surface area contributed by atoms with Gasteiger partial charge in [-0.3, -0.25) is 9.59 Å². The molecule has 3 heterocycles. The number of imidazole rings is 1. The number of piperidine rings is 1. The molecule has 0 unspecified atom stereocenters. The molecule has 0 radical (unpaired) electrons. The second-order valence-corrected chi connectivity index (χ2v) is 7.59. The fourth-order valence-electron chi connectivity index (χ4n) is 4.43. The van der Waals surface area contributed by atoms with Gasteiger partial charge in [-0.05, 0) is 44.2 Å². The van der Waals surface area contributed by atoms with Gasteiger partial charge in [0.25, 0.3) is 0 Å². The first-order chi connectivity index (χ1) is 13.2. The third-order valence-electron chi connectivity index (χ3n) is 5.86. The molecular weight excluding hydrogens is 340 g/mol. The van der Waals surface area contributed by atoms with E-state index in [4.69, 9.17) is 4.98 Å². The normalized spacial score (nSPS) is 20.4. The van der Waals surface area contributed by atoms with E-state index < -0.39 is 0 Å². The zero-order valence-electron chi connectivity index (χ0n) is 16.1. The minimum absolute atomic E-state index is 0.0287. The predicted molar refractivity (Wildman–Crippen MR) is 104 cm³/mol. The maximum Gasteiger partial charge on any atom is 0.242 e. The fraction of sp³-hybridized carbons (Fsp3) is 0.571. The summed E-state index contributed by atoms with van der Waals surface area (Å²) >= 11 is 0. The highest BCUT2D eigenvalue weighted by molar-refractivity contribution is 5.82. The van der Waals surface area contributed by atoms with Crippen molar-refractivity contribution in [1.29, 1.82) is 0 Å². The summed E-state index contributed by atoms with van der Waals surface area (Å²) in [6.45, 7) is 4.69. The van der Waals surface area contributed by atoms with E-state index in [1.807, 2.05) is 41.0 Å². The van der Waals surface area contributed by atoms with Crippen LogP contribution in [0.5, 0.6) is 0 Å². The number of aromatic nitrogens is 2. The minimum atomic E-state index is -0.0287. The van der Waals surface area contributed by atoms with E-state index in [-0.39, 0.29) is 17.9 Å². The fourth-order valence-corrected chi connectivity index (χ4v) is 4.43. The van der Waals surface area contributed by atoms with Crippen molar-refractivity contribution in [3.63, 3.8) is 0 Å². The van der Waals surface area contributed by atoms with Crippen molar-refractivity contribution in [3.8, 4) is 0 Å². The highest BCUT2D eigenvalue weighted by Gasteiger charge is 2.33. The van der Waals surface area contributed by atoms with E-state index in [1.54, 1.807) is 0 Å². The number of rotatable bonds is 4. The lowest BCUT2D eigenvalue weighted by atomic mass is 10.1. The summed E-state index contributed by atoms with van der Waals surface area (Å²) in [6.07, 6.45) is 5.78. The molecule has 0 aliphatic carbocycles. The third-order valence-corrected chi connectivity index (χ3v) is 5.86. The lowest BCUT2D eigenvalue weighted by Crippen LogP contribution is -2.38. The second-order valence-electron chi connectivity index (χ2n) is 7.59. The molecule has 2 aliphatic rings. The van der Waals surface area contributed by atoms with Crippen LogP contribution in [0.1, 0.15) is 57.3 Å². The molecular formula is C21H28N4O2. The summed E-state index contributed by atoms with van der Waals surface area (Å²) in [5, 5.41) is 0. The number of hydrogen-bond donors (Lipinski definition) is 0. The Morgan fingerprint density at radius 2 is 1.81 bits per heavy atom. The molecule has 1 aromatic heterocycles. The predicted octanol–water partition coefficient (Wildman–Crippen LogP) is 3.12. The molecule has 2 aliphatic heterocycles. The topological polar surface area (TPSA) is 58.4 Å². The lowest BCUT2D eigenvalue weighted by Gasteiger charge is -2.28. The van der Waals surface area contributed by atoms with Gasteiger partial charge in [-0.2, -0.15) is 0 Å². The Morgan fingerprint density at radius 3 is 2.59 bits per heavy atom. The maximum absolute atomic E-state index is 12.9. The molecule has 0 saturated carbocycles. The van der Waals surface area contributed by atoms with Gasteiger partial charge in [-0.15, -0.1) is 0 Å². The number of hydrogen-bond acceptors (Lipinski definition) is 3. The number of para-hydroxylation sites is 2. The van der Waals surface area contributed by atoms with Crippen molar-refractivity contribution < 1.29 is 9.59 Å². The molecule has 0 N–H and O–H groups in total. The van der Waals surface area contributed by atoms with Gasteiger partial charge in [0.05, 0.1) is 17.1 Å². The number of amides is 2. The van der Waals surface area contributed by atoms with E-state index in [9.17, 15) is 9.59 Å². The number of benzene rings is 1. The summed E-state index contributed by atoms with van der Waals surface area (Å²) in [4.78, 5) is 34.1. The molecule has 6 nitrogen and oxygen atoms in total. The Hall–Kier alpha value is -2.37. The molecule has 27 heavy (non-hydrogen) atoms. The SMILES string of the molecule is CCC(=O)N1CCC[C@H]1c1nc2ccccc2n1CC(=O)N1CCCCC1. The Bertz CT molecular complexity index is 838. The molecule has 2 aromatic rings. The van der Waals surface area contributed by atoms with Crippen LogP contribution in [0.3, 0.4) is 0 Å². The Kier molecular flexibility index (Phi) is 5.14. The first-order valence-corrected chi connectivity index (χ1v) is 10.2. The summed E-state index contributed by atoms with van der Waals surface area (Å²) in [7, 11) is 0. The maximum atomic E-state index is 12.9. The van der Waals surface area contributed by atoms with Crippen molar-refractivity contribution in [2.45, 2.75) is 58.0 Å². The van der Waals surface area contributed by atoms with Gasteiger partial charge in [0.15, 0.2) is 0 Å². The summed E-state index contributed by atoms with van der Waals surface area (Å²) in [5.41, 5.74) is 1.88. The highest BCUT2D eigenvalue weighted by atomic mass is 16.2. The summed E-state index contributed by atoms with van der Waals surface area (Å²) in [6, 6.07) is 7.94. The minimum Gasteiger partial charge on any atom is -0.341 e. The Labute approximate surface area is 160 Å². The van der Waals surface area contributed by atoms with Crippen LogP contribution in [-0.4, -0.2) is 50.8 Å². The smallest absolute Gasteiger partial charge is 0.242 e. The van der Waals surface area contributed by atoms with Crippen LogP contribution >= 0.6 is 0 Å². The van der Waals surface area contributed by atoms with Gasteiger partial charge >= 0.3 is 0 Å². The average Bonchev–Trinajstić information content (AvgIpc) is 3.33. The molecule has 2 amide bonds. The van der Waals surface area contributed by atoms with Crippen molar-refractivity contribution >= 4 is 22.8 Å². The van der Waals surface area contributed by atoms with Crippen molar-refractivity contribution in [1.82, 2.24) is 19.4 Å². The first kappa shape index (κ1) is 18.0. The molecule has 2 fully saturated rings. The lowest BCUT2D eigenvalue weighted by molar-refractivity contribution is -0.132. The van der Waals surface area contributed by atoms with E-state index >= 15 is 0 Å². The van der Waals surface area contributed by atoms with Crippen LogP contribution in [-0.2, 0) is 16.1 Å². The van der Waals surface area contributed by atoms with Gasteiger partial charge in [0.1, 0.15) is 12.4 Å². The van der Waals surface area contributed by atoms with Gasteiger partial charge in [-0.1, -0.05) is 19.1 Å². The standard InChI is InChI=1S/C21H28N4O2/c1-2-19(26)24-14-8-11-18(24)21-22-16-9-4-5-10-17(16)25(21)15-20(27)23-12-6-3-7-13-23/h4-5,9-10,18H,2-3,6-8,11-15H2,1H3/t18-/m0/s1. The van der Waals surface area contributed by atoms with Gasteiger partial charge in [0.2, 0.25) is 11.8 Å². The number of nitrogens with zero attached hydrogens (tertiary/aromatic N) is 4. The van der Waals surface area contributed by atoms with Crippen LogP contribution in [0.4, 0.5) is 0 Å². The zero-order valence-corrected chi connectivity index (χ0v) is 16.1. The third kappa shape index (κ3) is 3.45. The van der Waals surface area contributed by atoms with Crippen LogP contribution < -0.4 is 0 Å². The highest BCUT2D eigenvalue weighted by Crippen LogP contribution is 2.34. The van der Waals surface area contributed by atoms with Gasteiger partial charge in [0, 0.05) is 26.1 Å². The Morgan fingerprint density at radius 1 is 1.04 bits per heavy atom. The first-order valence-electron chi connectivity index (χ1n) is 10.2. The van der Waals surface area contributed by atoms with E-state index in [0.29, 0.717) is 13.0 Å². The van der Waals surface area contributed by atoms with E-state index in [1.165, 1.54) is 6.42 Å². The zero-order chi connectivity index (χ0) is 18.8. The van der Waals surface area contributed by atoms with E-state index in [2.05, 4.69) is 4.57 Å². The second kappa shape index (κ2) is 7.71. The molecule has 4 rings (SSSR count). The molecule has 0 spiro atoms. The van der Waals surface area contributed by atoms with Crippen LogP contribution in [0, 0.1) is 0 Å². The van der Waals surface area contributed by atoms with Crippen LogP contribution in [0.25, 0.3) is 11.0 Å². The molecule has 6 heteroatoms. The largest absolute Gasteiger partial charge is 0.341 e. The molecule has 1 atom stereocenters. The van der Waals surface area contributed by atoms with Crippen molar-refractivity contribution in [2.75, 3.05) is 19.6 Å². The van der Waals surface area contributed by atoms with Crippen LogP contribution in [0.15, 0.2) is 24.3 Å². The molecule has 0 bridgehead atoms.